The number of aromatic nitrogens is 2. The standard InChI is InChI=1S/C18H22N2O2/c1-3-11-6-7-13(18(21)22-2)16-15(11)19-17(20-16)14-9-10-4-5-12(14)8-10/h6-7,10,12,14H,3-5,8-9H2,1-2H3,(H,19,20). The van der Waals surface area contributed by atoms with Gasteiger partial charge in [-0.1, -0.05) is 19.4 Å². The van der Waals surface area contributed by atoms with Gasteiger partial charge in [0.1, 0.15) is 5.82 Å². The molecule has 2 bridgehead atoms. The molecule has 0 aliphatic heterocycles. The maximum absolute atomic E-state index is 12.0. The molecule has 0 spiro atoms. The van der Waals surface area contributed by atoms with Gasteiger partial charge in [-0.15, -0.1) is 0 Å². The van der Waals surface area contributed by atoms with Crippen molar-refractivity contribution in [1.29, 1.82) is 0 Å². The molecule has 2 aliphatic carbocycles. The number of hydrogen-bond donors (Lipinski definition) is 1. The van der Waals surface area contributed by atoms with Crippen LogP contribution in [0.25, 0.3) is 11.0 Å². The smallest absolute Gasteiger partial charge is 0.340 e. The van der Waals surface area contributed by atoms with Crippen LogP contribution in [0.1, 0.15) is 60.3 Å². The topological polar surface area (TPSA) is 55.0 Å². The molecule has 4 heteroatoms. The van der Waals surface area contributed by atoms with E-state index in [-0.39, 0.29) is 5.97 Å². The summed E-state index contributed by atoms with van der Waals surface area (Å²) >= 11 is 0. The number of methoxy groups -OCH3 is 1. The summed E-state index contributed by atoms with van der Waals surface area (Å²) in [4.78, 5) is 20.4. The zero-order chi connectivity index (χ0) is 15.3. The number of carbonyl (C=O) groups is 1. The van der Waals surface area contributed by atoms with Gasteiger partial charge >= 0.3 is 5.97 Å². The number of fused-ring (bicyclic) bond motifs is 3. The van der Waals surface area contributed by atoms with E-state index in [9.17, 15) is 4.79 Å². The Labute approximate surface area is 130 Å². The summed E-state index contributed by atoms with van der Waals surface area (Å²) in [7, 11) is 1.43. The molecule has 1 heterocycles. The van der Waals surface area contributed by atoms with Crippen molar-refractivity contribution < 1.29 is 9.53 Å². The van der Waals surface area contributed by atoms with E-state index in [1.54, 1.807) is 0 Å². The quantitative estimate of drug-likeness (QED) is 0.876. The highest BCUT2D eigenvalue weighted by Crippen LogP contribution is 2.52. The highest BCUT2D eigenvalue weighted by atomic mass is 16.5. The molecule has 4 nitrogen and oxygen atoms in total. The summed E-state index contributed by atoms with van der Waals surface area (Å²) in [6.45, 7) is 2.12. The summed E-state index contributed by atoms with van der Waals surface area (Å²) in [5.41, 5.74) is 3.58. The first-order valence-electron chi connectivity index (χ1n) is 8.31. The normalized spacial score (nSPS) is 26.7. The first-order valence-corrected chi connectivity index (χ1v) is 8.31. The van der Waals surface area contributed by atoms with Crippen LogP contribution in [-0.4, -0.2) is 23.0 Å². The molecule has 116 valence electrons. The third-order valence-electron chi connectivity index (χ3n) is 5.62. The van der Waals surface area contributed by atoms with Crippen LogP contribution in [0.15, 0.2) is 12.1 Å². The Morgan fingerprint density at radius 2 is 2.23 bits per heavy atom. The molecule has 22 heavy (non-hydrogen) atoms. The monoisotopic (exact) mass is 298 g/mol. The number of imidazole rings is 1. The van der Waals surface area contributed by atoms with Crippen LogP contribution in [0.2, 0.25) is 0 Å². The van der Waals surface area contributed by atoms with Crippen LogP contribution in [0.3, 0.4) is 0 Å². The number of rotatable bonds is 3. The van der Waals surface area contributed by atoms with Crippen LogP contribution < -0.4 is 0 Å². The minimum atomic E-state index is -0.296. The maximum Gasteiger partial charge on any atom is 0.340 e. The van der Waals surface area contributed by atoms with E-state index in [2.05, 4.69) is 11.9 Å². The lowest BCUT2D eigenvalue weighted by Crippen LogP contribution is -2.10. The summed E-state index contributed by atoms with van der Waals surface area (Å²) in [5, 5.41) is 0. The van der Waals surface area contributed by atoms with Gasteiger partial charge in [-0.05, 0) is 49.1 Å². The Hall–Kier alpha value is -1.84. The highest BCUT2D eigenvalue weighted by molar-refractivity contribution is 6.02. The molecule has 2 fully saturated rings. The molecule has 3 unspecified atom stereocenters. The number of nitrogens with zero attached hydrogens (tertiary/aromatic N) is 1. The fourth-order valence-corrected chi connectivity index (χ4v) is 4.49. The van der Waals surface area contributed by atoms with Crippen LogP contribution >= 0.6 is 0 Å². The Morgan fingerprint density at radius 3 is 2.86 bits per heavy atom. The Morgan fingerprint density at radius 1 is 1.36 bits per heavy atom. The summed E-state index contributed by atoms with van der Waals surface area (Å²) in [5.74, 6) is 2.98. The first kappa shape index (κ1) is 13.8. The molecule has 3 atom stereocenters. The summed E-state index contributed by atoms with van der Waals surface area (Å²) in [6, 6.07) is 3.86. The zero-order valence-corrected chi connectivity index (χ0v) is 13.2. The van der Waals surface area contributed by atoms with Gasteiger partial charge in [-0.3, -0.25) is 0 Å². The molecule has 4 rings (SSSR count). The molecule has 2 saturated carbocycles. The van der Waals surface area contributed by atoms with Crippen molar-refractivity contribution in [1.82, 2.24) is 9.97 Å². The average Bonchev–Trinajstić information content (AvgIpc) is 3.26. The lowest BCUT2D eigenvalue weighted by atomic mass is 9.88. The van der Waals surface area contributed by atoms with Crippen molar-refractivity contribution >= 4 is 17.0 Å². The van der Waals surface area contributed by atoms with Crippen molar-refractivity contribution in [2.75, 3.05) is 7.11 Å². The van der Waals surface area contributed by atoms with Crippen molar-refractivity contribution in [2.45, 2.75) is 44.9 Å². The van der Waals surface area contributed by atoms with Crippen LogP contribution in [-0.2, 0) is 11.2 Å². The maximum atomic E-state index is 12.0. The SMILES string of the molecule is CCc1ccc(C(=O)OC)c2[nH]c(C3CC4CCC3C4)nc12. The van der Waals surface area contributed by atoms with E-state index >= 15 is 0 Å². The number of aromatic amines is 1. The Balaban J connectivity index is 1.83. The molecule has 1 N–H and O–H groups in total. The largest absolute Gasteiger partial charge is 0.465 e. The molecule has 2 aromatic rings. The number of hydrogen-bond acceptors (Lipinski definition) is 3. The molecular weight excluding hydrogens is 276 g/mol. The Bertz CT molecular complexity index is 734. The minimum absolute atomic E-state index is 0.296. The number of esters is 1. The zero-order valence-electron chi connectivity index (χ0n) is 13.2. The van der Waals surface area contributed by atoms with E-state index < -0.39 is 0 Å². The second kappa shape index (κ2) is 5.11. The van der Waals surface area contributed by atoms with Crippen molar-refractivity contribution in [3.8, 4) is 0 Å². The second-order valence-corrected chi connectivity index (χ2v) is 6.74. The molecular formula is C18H22N2O2. The number of ether oxygens (including phenoxy) is 1. The number of benzene rings is 1. The summed E-state index contributed by atoms with van der Waals surface area (Å²) < 4.78 is 4.92. The predicted octanol–water partition coefficient (Wildman–Crippen LogP) is 3.82. The number of aryl methyl sites for hydroxylation is 1. The van der Waals surface area contributed by atoms with E-state index in [1.807, 2.05) is 12.1 Å². The van der Waals surface area contributed by atoms with E-state index in [0.29, 0.717) is 11.5 Å². The van der Waals surface area contributed by atoms with E-state index in [4.69, 9.17) is 9.72 Å². The average molecular weight is 298 g/mol. The lowest BCUT2D eigenvalue weighted by molar-refractivity contribution is 0.0603. The van der Waals surface area contributed by atoms with Gasteiger partial charge in [0.05, 0.1) is 23.7 Å². The number of carbonyl (C=O) groups excluding carboxylic acids is 1. The summed E-state index contributed by atoms with van der Waals surface area (Å²) in [6.07, 6.45) is 6.23. The number of nitrogens with one attached hydrogen (secondary N) is 1. The highest BCUT2D eigenvalue weighted by Gasteiger charge is 2.41. The van der Waals surface area contributed by atoms with Crippen LogP contribution in [0.4, 0.5) is 0 Å². The fraction of sp³-hybridized carbons (Fsp3) is 0.556. The molecule has 1 aromatic heterocycles. The van der Waals surface area contributed by atoms with Gasteiger partial charge in [0, 0.05) is 5.92 Å². The molecule has 1 aromatic carbocycles. The van der Waals surface area contributed by atoms with Gasteiger partial charge in [0.25, 0.3) is 0 Å². The fourth-order valence-electron chi connectivity index (χ4n) is 4.49. The molecule has 2 aliphatic rings. The molecule has 0 radical (unpaired) electrons. The minimum Gasteiger partial charge on any atom is -0.465 e. The van der Waals surface area contributed by atoms with Gasteiger partial charge in [0.2, 0.25) is 0 Å². The second-order valence-electron chi connectivity index (χ2n) is 6.74. The van der Waals surface area contributed by atoms with Crippen molar-refractivity contribution in [3.05, 3.63) is 29.1 Å². The van der Waals surface area contributed by atoms with Crippen molar-refractivity contribution in [2.24, 2.45) is 11.8 Å². The third-order valence-corrected chi connectivity index (χ3v) is 5.62. The lowest BCUT2D eigenvalue weighted by Gasteiger charge is -2.19. The van der Waals surface area contributed by atoms with Gasteiger partial charge in [0.15, 0.2) is 0 Å². The predicted molar refractivity (Wildman–Crippen MR) is 85.0 cm³/mol. The van der Waals surface area contributed by atoms with Crippen molar-refractivity contribution in [3.63, 3.8) is 0 Å². The molecule has 0 saturated heterocycles. The van der Waals surface area contributed by atoms with Crippen LogP contribution in [0, 0.1) is 11.8 Å². The van der Waals surface area contributed by atoms with E-state index in [0.717, 1.165) is 35.1 Å². The number of H-pyrrole nitrogens is 1. The van der Waals surface area contributed by atoms with E-state index in [1.165, 1.54) is 38.4 Å². The van der Waals surface area contributed by atoms with Gasteiger partial charge in [-0.25, -0.2) is 9.78 Å². The molecule has 0 amide bonds. The third kappa shape index (κ3) is 1.97. The van der Waals surface area contributed by atoms with Gasteiger partial charge in [-0.2, -0.15) is 0 Å². The van der Waals surface area contributed by atoms with Crippen LogP contribution in [0.5, 0.6) is 0 Å². The first-order chi connectivity index (χ1) is 10.7. The Kier molecular flexibility index (Phi) is 3.21. The van der Waals surface area contributed by atoms with Gasteiger partial charge < -0.3 is 9.72 Å².